The molecule has 0 spiro atoms. The Morgan fingerprint density at radius 1 is 0.814 bits per heavy atom. The molecule has 0 radical (unpaired) electrons. The summed E-state index contributed by atoms with van der Waals surface area (Å²) in [6, 6.07) is 35.9. The molecule has 13 heteroatoms. The Bertz CT molecular complexity index is 2440. The number of hydrogen-bond donors (Lipinski definition) is 1. The van der Waals surface area contributed by atoms with Crippen LogP contribution in [-0.2, 0) is 11.3 Å². The van der Waals surface area contributed by atoms with Gasteiger partial charge in [-0.2, -0.15) is 4.68 Å². The van der Waals surface area contributed by atoms with Crippen molar-refractivity contribution in [3.63, 3.8) is 0 Å². The predicted octanol–water partition coefficient (Wildman–Crippen LogP) is 10.1. The van der Waals surface area contributed by atoms with Crippen molar-refractivity contribution in [2.75, 3.05) is 13.6 Å². The molecule has 5 aromatic carbocycles. The Morgan fingerprint density at radius 2 is 1.41 bits per heavy atom. The largest absolute Gasteiger partial charge is 0.489 e. The lowest BCUT2D eigenvalue weighted by Crippen LogP contribution is -2.47. The number of carbonyl (C=O) groups is 2. The summed E-state index contributed by atoms with van der Waals surface area (Å²) in [6.45, 7) is 8.51. The molecule has 2 amide bonds. The fourth-order valence-corrected chi connectivity index (χ4v) is 7.62. The van der Waals surface area contributed by atoms with E-state index in [-0.39, 0.29) is 35.8 Å². The Kier molecular flexibility index (Phi) is 14.6. The van der Waals surface area contributed by atoms with Crippen molar-refractivity contribution in [3.05, 3.63) is 156 Å². The quantitative estimate of drug-likeness (QED) is 0.129. The molecule has 0 bridgehead atoms. The van der Waals surface area contributed by atoms with Crippen LogP contribution in [0.15, 0.2) is 124 Å². The van der Waals surface area contributed by atoms with E-state index in [9.17, 15) is 14.4 Å². The highest BCUT2D eigenvalue weighted by atomic mass is 127. The summed E-state index contributed by atoms with van der Waals surface area (Å²) in [5.41, 5.74) is 5.34. The topological polar surface area (TPSA) is 116 Å². The van der Waals surface area contributed by atoms with Crippen LogP contribution in [0.4, 0.5) is 0 Å². The van der Waals surface area contributed by atoms with Gasteiger partial charge in [0.25, 0.3) is 5.91 Å². The van der Waals surface area contributed by atoms with Gasteiger partial charge in [0.05, 0.1) is 28.8 Å². The molecule has 0 saturated carbocycles. The van der Waals surface area contributed by atoms with Crippen LogP contribution in [0.1, 0.15) is 61.5 Å². The summed E-state index contributed by atoms with van der Waals surface area (Å²) < 4.78 is 19.1. The second-order valence-electron chi connectivity index (χ2n) is 14.5. The lowest BCUT2D eigenvalue weighted by Gasteiger charge is -2.27. The van der Waals surface area contributed by atoms with Crippen molar-refractivity contribution in [2.45, 2.75) is 64.8 Å². The first-order valence-corrected chi connectivity index (χ1v) is 21.1. The molecule has 10 nitrogen and oxygen atoms in total. The van der Waals surface area contributed by atoms with E-state index in [0.29, 0.717) is 45.8 Å². The second kappa shape index (κ2) is 19.8. The first-order valence-electron chi connectivity index (χ1n) is 19.2. The number of nitrogens with zero attached hydrogens (tertiary/aromatic N) is 3. The zero-order valence-electron chi connectivity index (χ0n) is 33.3. The molecule has 7 rings (SSSR count). The van der Waals surface area contributed by atoms with Crippen LogP contribution in [-0.4, -0.2) is 58.3 Å². The average molecular weight is 948 g/mol. The molecule has 1 aromatic heterocycles. The number of halogens is 3. The van der Waals surface area contributed by atoms with Crippen LogP contribution in [0.3, 0.4) is 0 Å². The van der Waals surface area contributed by atoms with Crippen LogP contribution < -0.4 is 20.5 Å². The summed E-state index contributed by atoms with van der Waals surface area (Å²) in [6.07, 6.45) is 0.728. The van der Waals surface area contributed by atoms with Gasteiger partial charge in [0.2, 0.25) is 11.8 Å². The molecule has 59 heavy (non-hydrogen) atoms. The van der Waals surface area contributed by atoms with Crippen LogP contribution in [0, 0.1) is 3.57 Å². The fourth-order valence-electron chi connectivity index (χ4n) is 6.81. The highest BCUT2D eigenvalue weighted by molar-refractivity contribution is 14.1. The zero-order valence-corrected chi connectivity index (χ0v) is 37.0. The van der Waals surface area contributed by atoms with E-state index in [1.807, 2.05) is 94.4 Å². The number of ether oxygens (including phenoxy) is 2. The average Bonchev–Trinajstić information content (AvgIpc) is 3.83. The maximum Gasteiger partial charge on any atom is 0.437 e. The molecular weight excluding hydrogens is 902 g/mol. The summed E-state index contributed by atoms with van der Waals surface area (Å²) in [5, 5.41) is 7.87. The third-order valence-electron chi connectivity index (χ3n) is 9.55. The van der Waals surface area contributed by atoms with Gasteiger partial charge in [-0.25, -0.2) is 4.79 Å². The minimum atomic E-state index is -0.557. The van der Waals surface area contributed by atoms with Gasteiger partial charge in [0, 0.05) is 34.2 Å². The third-order valence-corrected chi connectivity index (χ3v) is 10.9. The Morgan fingerprint density at radius 3 is 2.00 bits per heavy atom. The highest BCUT2D eigenvalue weighted by Crippen LogP contribution is 2.36. The first kappa shape index (κ1) is 43.5. The number of amides is 2. The van der Waals surface area contributed by atoms with E-state index < -0.39 is 11.8 Å². The normalized spacial score (nSPS) is 14.8. The van der Waals surface area contributed by atoms with Gasteiger partial charge in [0.1, 0.15) is 17.5 Å². The molecule has 1 N–H and O–H groups in total. The number of aromatic nitrogens is 2. The lowest BCUT2D eigenvalue weighted by molar-refractivity contribution is -0.124. The summed E-state index contributed by atoms with van der Waals surface area (Å²) in [4.78, 5) is 39.9. The van der Waals surface area contributed by atoms with Crippen LogP contribution in [0.2, 0.25) is 10.0 Å². The molecule has 6 aromatic rings. The van der Waals surface area contributed by atoms with Crippen molar-refractivity contribution in [3.8, 4) is 34.1 Å². The van der Waals surface area contributed by atoms with Crippen molar-refractivity contribution >= 4 is 57.6 Å². The van der Waals surface area contributed by atoms with Gasteiger partial charge >= 0.3 is 5.76 Å². The third kappa shape index (κ3) is 10.9. The Hall–Kier alpha value is -5.11. The minimum Gasteiger partial charge on any atom is -0.489 e. The van der Waals surface area contributed by atoms with Gasteiger partial charge in [-0.1, -0.05) is 89.9 Å². The molecule has 1 aliphatic rings. The molecule has 306 valence electrons. The van der Waals surface area contributed by atoms with E-state index in [4.69, 9.17) is 37.1 Å². The SMILES string of the molecule is CC(C)Oc1ccc(-c2nn(Cc3ccc(-c4ccccc4)cc3)c(=O)o2)cc1Cl.CNC(=O)C1C(c2ccc(I)cc2)CCN1C(=O)c1ccc(OC(C)C)c(Cl)c1. The van der Waals surface area contributed by atoms with Crippen molar-refractivity contribution in [1.82, 2.24) is 20.0 Å². The van der Waals surface area contributed by atoms with Gasteiger partial charge < -0.3 is 24.1 Å². The lowest BCUT2D eigenvalue weighted by atomic mass is 9.91. The molecule has 2 heterocycles. The monoisotopic (exact) mass is 946 g/mol. The standard InChI is InChI=1S/C24H21ClN2O3.C22H24ClIN2O3/c1-16(2)29-22-13-12-20(14-21(22)25)23-26-27(24(28)30-23)15-17-8-10-19(11-9-17)18-6-4-3-5-7-18;1-13(2)29-19-9-6-15(12-18(19)23)22(28)26-11-10-17(20(26)21(27)25-3)14-4-7-16(24)8-5-14/h3-14,16H,15H2,1-2H3;4-9,12-13,17,20H,10-11H2,1-3H3,(H,25,27). The van der Waals surface area contributed by atoms with Crippen molar-refractivity contribution in [1.29, 1.82) is 0 Å². The van der Waals surface area contributed by atoms with Gasteiger partial charge in [0.15, 0.2) is 0 Å². The number of nitrogens with one attached hydrogen (secondary N) is 1. The number of carbonyl (C=O) groups excluding carboxylic acids is 2. The first-order chi connectivity index (χ1) is 28.3. The number of likely N-dealkylation sites (tertiary alicyclic amines) is 1. The number of rotatable bonds is 11. The molecule has 1 aliphatic heterocycles. The minimum absolute atomic E-state index is 0.0127. The van der Waals surface area contributed by atoms with E-state index in [2.05, 4.69) is 45.1 Å². The maximum atomic E-state index is 13.2. The van der Waals surface area contributed by atoms with E-state index in [0.717, 1.165) is 32.2 Å². The number of likely N-dealkylation sites (N-methyl/N-ethyl adjacent to an activating group) is 1. The fraction of sp³-hybridized carbons (Fsp3) is 0.261. The Balaban J connectivity index is 0.000000199. The van der Waals surface area contributed by atoms with Gasteiger partial charge in [-0.3, -0.25) is 9.59 Å². The second-order valence-corrected chi connectivity index (χ2v) is 16.6. The molecule has 2 unspecified atom stereocenters. The molecular formula is C46H45Cl2IN4O6. The van der Waals surface area contributed by atoms with Crippen molar-refractivity contribution < 1.29 is 23.5 Å². The maximum absolute atomic E-state index is 13.2. The van der Waals surface area contributed by atoms with E-state index in [1.165, 1.54) is 4.68 Å². The highest BCUT2D eigenvalue weighted by Gasteiger charge is 2.42. The van der Waals surface area contributed by atoms with Crippen LogP contribution in [0.5, 0.6) is 11.5 Å². The Labute approximate surface area is 367 Å². The smallest absolute Gasteiger partial charge is 0.437 e. The van der Waals surface area contributed by atoms with Gasteiger partial charge in [-0.15, -0.1) is 5.10 Å². The molecule has 0 aliphatic carbocycles. The summed E-state index contributed by atoms with van der Waals surface area (Å²) >= 11 is 14.9. The van der Waals surface area contributed by atoms with Crippen LogP contribution >= 0.6 is 45.8 Å². The van der Waals surface area contributed by atoms with Crippen LogP contribution in [0.25, 0.3) is 22.6 Å². The molecule has 1 saturated heterocycles. The summed E-state index contributed by atoms with van der Waals surface area (Å²) in [5.74, 6) is 0.411. The zero-order chi connectivity index (χ0) is 42.2. The van der Waals surface area contributed by atoms with Gasteiger partial charge in [-0.05, 0) is 127 Å². The predicted molar refractivity (Wildman–Crippen MR) is 241 cm³/mol. The molecule has 2 atom stereocenters. The molecule has 1 fully saturated rings. The number of benzene rings is 5. The van der Waals surface area contributed by atoms with E-state index >= 15 is 0 Å². The summed E-state index contributed by atoms with van der Waals surface area (Å²) in [7, 11) is 1.60. The van der Waals surface area contributed by atoms with Crippen molar-refractivity contribution in [2.24, 2.45) is 0 Å². The van der Waals surface area contributed by atoms with E-state index in [1.54, 1.807) is 48.3 Å². The number of hydrogen-bond acceptors (Lipinski definition) is 7.